The zero-order valence-electron chi connectivity index (χ0n) is 6.88. The van der Waals surface area contributed by atoms with Crippen molar-refractivity contribution in [1.29, 1.82) is 0 Å². The van der Waals surface area contributed by atoms with Gasteiger partial charge in [-0.3, -0.25) is 0 Å². The molecule has 1 aromatic rings. The lowest BCUT2D eigenvalue weighted by Gasteiger charge is -2.05. The Kier molecular flexibility index (Phi) is 2.00. The molecule has 1 aliphatic heterocycles. The van der Waals surface area contributed by atoms with Gasteiger partial charge >= 0.3 is 0 Å². The maximum atomic E-state index is 8.80. The number of para-hydroxylation sites is 1. The third kappa shape index (κ3) is 1.18. The Bertz CT molecular complexity index is 270. The highest BCUT2D eigenvalue weighted by atomic mass is 16.3. The van der Waals surface area contributed by atoms with E-state index in [1.54, 1.807) is 0 Å². The van der Waals surface area contributed by atoms with Crippen molar-refractivity contribution in [2.45, 2.75) is 6.42 Å². The van der Waals surface area contributed by atoms with Crippen molar-refractivity contribution in [2.24, 2.45) is 0 Å². The third-order valence-corrected chi connectivity index (χ3v) is 2.21. The van der Waals surface area contributed by atoms with Crippen LogP contribution in [0.25, 0.3) is 0 Å². The summed E-state index contributed by atoms with van der Waals surface area (Å²) in [5.41, 5.74) is 2.47. The second-order valence-electron chi connectivity index (χ2n) is 2.98. The molecule has 0 aromatic heterocycles. The summed E-state index contributed by atoms with van der Waals surface area (Å²) in [6, 6.07) is 8.22. The molecule has 0 spiro atoms. The number of fused-ring (bicyclic) bond motifs is 1. The van der Waals surface area contributed by atoms with E-state index in [1.165, 1.54) is 17.2 Å². The maximum absolute atomic E-state index is 8.80. The highest BCUT2D eigenvalue weighted by Gasteiger charge is 2.20. The van der Waals surface area contributed by atoms with E-state index in [1.807, 2.05) is 12.1 Å². The summed E-state index contributed by atoms with van der Waals surface area (Å²) in [6.45, 7) is 1.13. The number of benzene rings is 1. The normalized spacial score (nSPS) is 15.8. The number of aliphatic hydroxyl groups excluding tert-OH is 1. The Morgan fingerprint density at radius 2 is 2.17 bits per heavy atom. The van der Waals surface area contributed by atoms with Gasteiger partial charge in [-0.25, -0.2) is 0 Å². The molecule has 0 aliphatic carbocycles. The molecular weight excluding hydrogens is 150 g/mol. The number of nitrogens with one attached hydrogen (secondary N) is 1. The van der Waals surface area contributed by atoms with Gasteiger partial charge in [0.1, 0.15) is 0 Å². The first-order valence-electron chi connectivity index (χ1n) is 4.20. The Labute approximate surface area is 72.2 Å². The monoisotopic (exact) mass is 162 g/mol. The molecule has 0 saturated carbocycles. The van der Waals surface area contributed by atoms with Gasteiger partial charge in [0.15, 0.2) is 0 Å². The van der Waals surface area contributed by atoms with Crippen molar-refractivity contribution < 1.29 is 5.11 Å². The smallest absolute Gasteiger partial charge is 0.0440 e. The van der Waals surface area contributed by atoms with Crippen LogP contribution in [-0.2, 0) is 0 Å². The fraction of sp³-hybridized carbons (Fsp3) is 0.300. The average Bonchev–Trinajstić information content (AvgIpc) is 2.50. The van der Waals surface area contributed by atoms with Gasteiger partial charge in [-0.05, 0) is 18.1 Å². The molecule has 2 rings (SSSR count). The SMILES string of the molecule is OCC[C]1CNc2ccccc21. The molecule has 1 aromatic carbocycles. The van der Waals surface area contributed by atoms with Gasteiger partial charge in [0.2, 0.25) is 0 Å². The Hall–Kier alpha value is -1.02. The number of hydrogen-bond acceptors (Lipinski definition) is 2. The van der Waals surface area contributed by atoms with Crippen LogP contribution in [0.4, 0.5) is 5.69 Å². The molecule has 1 aliphatic rings. The fourth-order valence-electron chi connectivity index (χ4n) is 1.60. The van der Waals surface area contributed by atoms with E-state index >= 15 is 0 Å². The van der Waals surface area contributed by atoms with Gasteiger partial charge < -0.3 is 10.4 Å². The molecule has 2 N–H and O–H groups in total. The maximum Gasteiger partial charge on any atom is 0.0440 e. The average molecular weight is 162 g/mol. The highest BCUT2D eigenvalue weighted by molar-refractivity contribution is 5.63. The van der Waals surface area contributed by atoms with Crippen LogP contribution in [0.5, 0.6) is 0 Å². The van der Waals surface area contributed by atoms with E-state index in [2.05, 4.69) is 17.4 Å². The van der Waals surface area contributed by atoms with E-state index in [0.717, 1.165) is 13.0 Å². The number of aliphatic hydroxyl groups is 1. The van der Waals surface area contributed by atoms with E-state index < -0.39 is 0 Å². The summed E-state index contributed by atoms with van der Waals surface area (Å²) >= 11 is 0. The van der Waals surface area contributed by atoms with Crippen LogP contribution in [-0.4, -0.2) is 18.3 Å². The predicted octanol–water partition coefficient (Wildman–Crippen LogP) is 1.42. The first-order chi connectivity index (χ1) is 5.92. The van der Waals surface area contributed by atoms with Gasteiger partial charge in [0.25, 0.3) is 0 Å². The summed E-state index contributed by atoms with van der Waals surface area (Å²) in [7, 11) is 0. The van der Waals surface area contributed by atoms with E-state index in [-0.39, 0.29) is 6.61 Å². The molecule has 63 valence electrons. The van der Waals surface area contributed by atoms with E-state index in [0.29, 0.717) is 0 Å². The van der Waals surface area contributed by atoms with Gasteiger partial charge in [0.05, 0.1) is 0 Å². The van der Waals surface area contributed by atoms with Crippen molar-refractivity contribution in [3.63, 3.8) is 0 Å². The highest BCUT2D eigenvalue weighted by Crippen LogP contribution is 2.31. The van der Waals surface area contributed by atoms with Crippen molar-refractivity contribution in [3.8, 4) is 0 Å². The molecular formula is C10H12NO. The van der Waals surface area contributed by atoms with Crippen LogP contribution in [0.3, 0.4) is 0 Å². The van der Waals surface area contributed by atoms with Crippen molar-refractivity contribution >= 4 is 5.69 Å². The summed E-state index contributed by atoms with van der Waals surface area (Å²) in [5, 5.41) is 12.1. The van der Waals surface area contributed by atoms with Gasteiger partial charge in [-0.2, -0.15) is 0 Å². The Balaban J connectivity index is 2.24. The number of hydrogen-bond donors (Lipinski definition) is 2. The molecule has 1 heterocycles. The molecule has 0 amide bonds. The second kappa shape index (κ2) is 3.15. The fourth-order valence-corrected chi connectivity index (χ4v) is 1.60. The number of anilines is 1. The van der Waals surface area contributed by atoms with Gasteiger partial charge in [0, 0.05) is 24.8 Å². The lowest BCUT2D eigenvalue weighted by Crippen LogP contribution is -2.04. The van der Waals surface area contributed by atoms with Crippen molar-refractivity contribution in [3.05, 3.63) is 35.7 Å². The standard InChI is InChI=1S/C10H12NO/c12-6-5-8-7-11-10-4-2-1-3-9(8)10/h1-4,11-12H,5-7H2. The topological polar surface area (TPSA) is 32.3 Å². The molecule has 0 atom stereocenters. The minimum atomic E-state index is 0.241. The van der Waals surface area contributed by atoms with E-state index in [9.17, 15) is 0 Å². The molecule has 1 radical (unpaired) electrons. The Morgan fingerprint density at radius 1 is 1.33 bits per heavy atom. The largest absolute Gasteiger partial charge is 0.396 e. The van der Waals surface area contributed by atoms with Crippen LogP contribution in [0.15, 0.2) is 24.3 Å². The van der Waals surface area contributed by atoms with Gasteiger partial charge in [-0.15, -0.1) is 0 Å². The Morgan fingerprint density at radius 3 is 3.00 bits per heavy atom. The van der Waals surface area contributed by atoms with Crippen LogP contribution in [0, 0.1) is 5.92 Å². The first-order valence-corrected chi connectivity index (χ1v) is 4.20. The van der Waals surface area contributed by atoms with Crippen LogP contribution in [0.1, 0.15) is 12.0 Å². The zero-order valence-corrected chi connectivity index (χ0v) is 6.88. The summed E-state index contributed by atoms with van der Waals surface area (Å²) in [6.07, 6.45) is 0.782. The summed E-state index contributed by atoms with van der Waals surface area (Å²) in [4.78, 5) is 0. The first kappa shape index (κ1) is 7.62. The second-order valence-corrected chi connectivity index (χ2v) is 2.98. The molecule has 0 unspecified atom stereocenters. The molecule has 0 bridgehead atoms. The van der Waals surface area contributed by atoms with Crippen molar-refractivity contribution in [2.75, 3.05) is 18.5 Å². The molecule has 2 heteroatoms. The molecule has 0 fully saturated rings. The minimum Gasteiger partial charge on any atom is -0.396 e. The molecule has 12 heavy (non-hydrogen) atoms. The minimum absolute atomic E-state index is 0.241. The third-order valence-electron chi connectivity index (χ3n) is 2.21. The zero-order chi connectivity index (χ0) is 8.39. The van der Waals surface area contributed by atoms with E-state index in [4.69, 9.17) is 5.11 Å². The van der Waals surface area contributed by atoms with Gasteiger partial charge in [-0.1, -0.05) is 18.2 Å². The van der Waals surface area contributed by atoms with Crippen LogP contribution in [0.2, 0.25) is 0 Å². The lowest BCUT2D eigenvalue weighted by atomic mass is 9.99. The quantitative estimate of drug-likeness (QED) is 0.689. The summed E-state index contributed by atoms with van der Waals surface area (Å²) < 4.78 is 0. The van der Waals surface area contributed by atoms with Crippen molar-refractivity contribution in [1.82, 2.24) is 0 Å². The van der Waals surface area contributed by atoms with Crippen LogP contribution >= 0.6 is 0 Å². The lowest BCUT2D eigenvalue weighted by molar-refractivity contribution is 0.294. The predicted molar refractivity (Wildman–Crippen MR) is 49.0 cm³/mol. The number of rotatable bonds is 2. The molecule has 0 saturated heterocycles. The van der Waals surface area contributed by atoms with Crippen LogP contribution < -0.4 is 5.32 Å². The molecule has 2 nitrogen and oxygen atoms in total. The summed E-state index contributed by atoms with van der Waals surface area (Å²) in [5.74, 6) is 1.31.